The lowest BCUT2D eigenvalue weighted by atomic mass is 10.1. The van der Waals surface area contributed by atoms with Gasteiger partial charge in [-0.3, -0.25) is 0 Å². The zero-order valence-electron chi connectivity index (χ0n) is 9.45. The van der Waals surface area contributed by atoms with E-state index in [1.807, 2.05) is 0 Å². The summed E-state index contributed by atoms with van der Waals surface area (Å²) in [5, 5.41) is 20.3. The fourth-order valence-corrected chi connectivity index (χ4v) is 1.39. The third-order valence-electron chi connectivity index (χ3n) is 2.24. The lowest BCUT2D eigenvalue weighted by Crippen LogP contribution is -2.20. The number of aliphatic hydroxyl groups excluding tert-OH is 1. The van der Waals surface area contributed by atoms with Gasteiger partial charge < -0.3 is 15.5 Å². The lowest BCUT2D eigenvalue weighted by Gasteiger charge is -2.15. The first kappa shape index (κ1) is 14.3. The quantitative estimate of drug-likeness (QED) is 0.778. The predicted molar refractivity (Wildman–Crippen MR) is 58.6 cm³/mol. The van der Waals surface area contributed by atoms with Gasteiger partial charge >= 0.3 is 12.1 Å². The molecule has 0 aliphatic rings. The summed E-state index contributed by atoms with van der Waals surface area (Å²) in [6, 6.07) is 2.35. The average molecular weight is 263 g/mol. The largest absolute Gasteiger partial charge is 0.478 e. The fraction of sp³-hybridized carbons (Fsp3) is 0.364. The number of aromatic carboxylic acids is 1. The van der Waals surface area contributed by atoms with Gasteiger partial charge in [0.15, 0.2) is 0 Å². The molecule has 0 aliphatic heterocycles. The monoisotopic (exact) mass is 263 g/mol. The van der Waals surface area contributed by atoms with Crippen molar-refractivity contribution in [2.45, 2.75) is 19.1 Å². The number of aliphatic hydroxyl groups is 1. The predicted octanol–water partition coefficient (Wildman–Crippen LogP) is 2.20. The number of rotatable bonds is 4. The van der Waals surface area contributed by atoms with Gasteiger partial charge in [0.2, 0.25) is 0 Å². The molecule has 18 heavy (non-hydrogen) atoms. The molecule has 0 aliphatic carbocycles. The molecule has 1 rings (SSSR count). The number of carboxylic acids is 1. The molecule has 0 bridgehead atoms. The fourth-order valence-electron chi connectivity index (χ4n) is 1.39. The van der Waals surface area contributed by atoms with E-state index in [-0.39, 0.29) is 18.3 Å². The molecule has 1 aromatic rings. The number of anilines is 1. The molecule has 0 saturated carbocycles. The Morgan fingerprint density at radius 2 is 2.06 bits per heavy atom. The van der Waals surface area contributed by atoms with Crippen molar-refractivity contribution in [3.8, 4) is 0 Å². The van der Waals surface area contributed by atoms with Crippen molar-refractivity contribution in [3.63, 3.8) is 0 Å². The summed E-state index contributed by atoms with van der Waals surface area (Å²) in [7, 11) is 0. The minimum Gasteiger partial charge on any atom is -0.478 e. The minimum absolute atomic E-state index is 0.210. The van der Waals surface area contributed by atoms with Crippen LogP contribution in [0.3, 0.4) is 0 Å². The number of hydrogen-bond acceptors (Lipinski definition) is 3. The van der Waals surface area contributed by atoms with Crippen LogP contribution < -0.4 is 5.32 Å². The van der Waals surface area contributed by atoms with E-state index < -0.39 is 23.3 Å². The highest BCUT2D eigenvalue weighted by atomic mass is 19.4. The van der Waals surface area contributed by atoms with Gasteiger partial charge in [0.05, 0.1) is 17.7 Å². The number of carbonyl (C=O) groups is 1. The molecule has 100 valence electrons. The molecular formula is C11H12F3NO3. The number of halogens is 3. The van der Waals surface area contributed by atoms with Crippen LogP contribution in [0.25, 0.3) is 0 Å². The second-order valence-electron chi connectivity index (χ2n) is 3.79. The summed E-state index contributed by atoms with van der Waals surface area (Å²) in [6.45, 7) is 1.39. The summed E-state index contributed by atoms with van der Waals surface area (Å²) in [4.78, 5) is 10.8. The van der Waals surface area contributed by atoms with E-state index in [9.17, 15) is 18.0 Å². The normalized spacial score (nSPS) is 13.2. The van der Waals surface area contributed by atoms with E-state index in [2.05, 4.69) is 5.32 Å². The van der Waals surface area contributed by atoms with Crippen LogP contribution >= 0.6 is 0 Å². The molecule has 0 radical (unpaired) electrons. The summed E-state index contributed by atoms with van der Waals surface area (Å²) < 4.78 is 37.6. The first-order valence-corrected chi connectivity index (χ1v) is 5.07. The van der Waals surface area contributed by atoms with Gasteiger partial charge in [-0.25, -0.2) is 4.79 Å². The Kier molecular flexibility index (Phi) is 4.18. The molecule has 0 saturated heterocycles. The SMILES string of the molecule is CC(CO)Nc1ccc(C(F)(F)F)c(C(=O)O)c1. The maximum Gasteiger partial charge on any atom is 0.417 e. The maximum absolute atomic E-state index is 12.5. The molecular weight excluding hydrogens is 251 g/mol. The highest BCUT2D eigenvalue weighted by Gasteiger charge is 2.35. The summed E-state index contributed by atoms with van der Waals surface area (Å²) in [6.07, 6.45) is -4.71. The molecule has 0 aromatic heterocycles. The Bertz CT molecular complexity index is 446. The number of hydrogen-bond donors (Lipinski definition) is 3. The highest BCUT2D eigenvalue weighted by molar-refractivity contribution is 5.91. The summed E-state index contributed by atoms with van der Waals surface area (Å²) in [5.74, 6) is -1.65. The van der Waals surface area contributed by atoms with Gasteiger partial charge in [-0.15, -0.1) is 0 Å². The van der Waals surface area contributed by atoms with Gasteiger partial charge in [0, 0.05) is 11.7 Å². The molecule has 0 heterocycles. The Morgan fingerprint density at radius 3 is 2.50 bits per heavy atom. The van der Waals surface area contributed by atoms with Crippen LogP contribution in [-0.4, -0.2) is 28.8 Å². The van der Waals surface area contributed by atoms with Gasteiger partial charge in [0.25, 0.3) is 0 Å². The lowest BCUT2D eigenvalue weighted by molar-refractivity contribution is -0.138. The molecule has 1 unspecified atom stereocenters. The van der Waals surface area contributed by atoms with Crippen molar-refractivity contribution < 1.29 is 28.2 Å². The van der Waals surface area contributed by atoms with E-state index in [1.165, 1.54) is 0 Å². The van der Waals surface area contributed by atoms with Crippen LogP contribution in [0.2, 0.25) is 0 Å². The van der Waals surface area contributed by atoms with E-state index in [0.29, 0.717) is 6.07 Å². The van der Waals surface area contributed by atoms with Crippen LogP contribution in [0.5, 0.6) is 0 Å². The number of benzene rings is 1. The third kappa shape index (κ3) is 3.36. The zero-order valence-corrected chi connectivity index (χ0v) is 9.45. The Morgan fingerprint density at radius 1 is 1.44 bits per heavy atom. The zero-order chi connectivity index (χ0) is 13.9. The Labute approximate surface area is 101 Å². The molecule has 0 spiro atoms. The van der Waals surface area contributed by atoms with Crippen molar-refractivity contribution in [1.29, 1.82) is 0 Å². The Hall–Kier alpha value is -1.76. The number of carboxylic acid groups (broad SMARTS) is 1. The van der Waals surface area contributed by atoms with Gasteiger partial charge in [-0.1, -0.05) is 0 Å². The topological polar surface area (TPSA) is 69.6 Å². The first-order chi connectivity index (χ1) is 8.25. The molecule has 7 heteroatoms. The van der Waals surface area contributed by atoms with Crippen molar-refractivity contribution in [3.05, 3.63) is 29.3 Å². The molecule has 1 aromatic carbocycles. The standard InChI is InChI=1S/C11H12F3NO3/c1-6(5-16)15-7-2-3-9(11(12,13)14)8(4-7)10(17)18/h2-4,6,15-16H,5H2,1H3,(H,17,18). The summed E-state index contributed by atoms with van der Waals surface area (Å²) >= 11 is 0. The summed E-state index contributed by atoms with van der Waals surface area (Å²) in [5.41, 5.74) is -1.81. The Balaban J connectivity index is 3.16. The first-order valence-electron chi connectivity index (χ1n) is 5.07. The smallest absolute Gasteiger partial charge is 0.417 e. The van der Waals surface area contributed by atoms with Gasteiger partial charge in [0.1, 0.15) is 0 Å². The van der Waals surface area contributed by atoms with Gasteiger partial charge in [-0.05, 0) is 25.1 Å². The highest BCUT2D eigenvalue weighted by Crippen LogP contribution is 2.33. The van der Waals surface area contributed by atoms with Crippen molar-refractivity contribution in [1.82, 2.24) is 0 Å². The van der Waals surface area contributed by atoms with E-state index in [0.717, 1.165) is 12.1 Å². The van der Waals surface area contributed by atoms with Gasteiger partial charge in [-0.2, -0.15) is 13.2 Å². The average Bonchev–Trinajstić information content (AvgIpc) is 2.27. The van der Waals surface area contributed by atoms with E-state index in [1.54, 1.807) is 6.92 Å². The second-order valence-corrected chi connectivity index (χ2v) is 3.79. The molecule has 0 fully saturated rings. The van der Waals surface area contributed by atoms with E-state index >= 15 is 0 Å². The second kappa shape index (κ2) is 5.26. The van der Waals surface area contributed by atoms with Crippen molar-refractivity contribution in [2.24, 2.45) is 0 Å². The van der Waals surface area contributed by atoms with Crippen LogP contribution in [0.4, 0.5) is 18.9 Å². The maximum atomic E-state index is 12.5. The van der Waals surface area contributed by atoms with Crippen LogP contribution in [0.1, 0.15) is 22.8 Å². The van der Waals surface area contributed by atoms with E-state index in [4.69, 9.17) is 10.2 Å². The number of alkyl halides is 3. The molecule has 1 atom stereocenters. The van der Waals surface area contributed by atoms with Crippen molar-refractivity contribution >= 4 is 11.7 Å². The van der Waals surface area contributed by atoms with Crippen LogP contribution in [0.15, 0.2) is 18.2 Å². The van der Waals surface area contributed by atoms with Crippen molar-refractivity contribution in [2.75, 3.05) is 11.9 Å². The molecule has 3 N–H and O–H groups in total. The number of nitrogens with one attached hydrogen (secondary N) is 1. The van der Waals surface area contributed by atoms with Crippen LogP contribution in [0, 0.1) is 0 Å². The molecule has 0 amide bonds. The minimum atomic E-state index is -4.71. The third-order valence-corrected chi connectivity index (χ3v) is 2.24. The van der Waals surface area contributed by atoms with Crippen LogP contribution in [-0.2, 0) is 6.18 Å². The molecule has 4 nitrogen and oxygen atoms in total.